The zero-order valence-corrected chi connectivity index (χ0v) is 12.3. The average Bonchev–Trinajstić information content (AvgIpc) is 2.35. The summed E-state index contributed by atoms with van der Waals surface area (Å²) in [5, 5.41) is 3.58. The van der Waals surface area contributed by atoms with E-state index in [1.54, 1.807) is 5.56 Å². The highest BCUT2D eigenvalue weighted by molar-refractivity contribution is 5.36. The van der Waals surface area contributed by atoms with Crippen molar-refractivity contribution in [2.45, 2.75) is 52.5 Å². The van der Waals surface area contributed by atoms with Crippen LogP contribution in [0.2, 0.25) is 0 Å². The monoisotopic (exact) mass is 245 g/mol. The first-order valence-corrected chi connectivity index (χ1v) is 7.37. The summed E-state index contributed by atoms with van der Waals surface area (Å²) in [6.45, 7) is 6.89. The first-order valence-electron chi connectivity index (χ1n) is 7.37. The minimum atomic E-state index is 0.540. The maximum Gasteiger partial charge on any atom is 0.0351 e. The molecule has 1 heteroatoms. The lowest BCUT2D eigenvalue weighted by Crippen LogP contribution is -2.29. The Bertz CT molecular complexity index is 368. The highest BCUT2D eigenvalue weighted by Gasteiger charge is 2.27. The predicted molar refractivity (Wildman–Crippen MR) is 78.8 cm³/mol. The standard InChI is InChI=1S/C17H27N/c1-12-8-10-15(11-9-12)17(18-4)16-13(2)6-5-7-14(16)3/h5-7,12,15,17-18H,8-11H2,1-4H3. The lowest BCUT2D eigenvalue weighted by molar-refractivity contribution is 0.237. The van der Waals surface area contributed by atoms with Gasteiger partial charge in [-0.05, 0) is 62.3 Å². The normalized spacial score (nSPS) is 26.0. The third-order valence-electron chi connectivity index (χ3n) is 4.70. The molecule has 0 spiro atoms. The zero-order valence-electron chi connectivity index (χ0n) is 12.3. The van der Waals surface area contributed by atoms with E-state index in [4.69, 9.17) is 0 Å². The Hall–Kier alpha value is -0.820. The molecule has 1 aliphatic carbocycles. The van der Waals surface area contributed by atoms with E-state index in [2.05, 4.69) is 51.3 Å². The molecule has 0 aromatic heterocycles. The van der Waals surface area contributed by atoms with Crippen molar-refractivity contribution in [3.05, 3.63) is 34.9 Å². The molecule has 1 aromatic rings. The molecule has 1 N–H and O–H groups in total. The topological polar surface area (TPSA) is 12.0 Å². The molecule has 18 heavy (non-hydrogen) atoms. The van der Waals surface area contributed by atoms with Crippen molar-refractivity contribution in [3.63, 3.8) is 0 Å². The van der Waals surface area contributed by atoms with Crippen molar-refractivity contribution in [1.29, 1.82) is 0 Å². The fraction of sp³-hybridized carbons (Fsp3) is 0.647. The Morgan fingerprint density at radius 1 is 1.06 bits per heavy atom. The van der Waals surface area contributed by atoms with Gasteiger partial charge < -0.3 is 5.32 Å². The maximum atomic E-state index is 3.58. The Labute approximate surface area is 112 Å². The molecular formula is C17H27N. The number of hydrogen-bond donors (Lipinski definition) is 1. The van der Waals surface area contributed by atoms with E-state index in [0.29, 0.717) is 6.04 Å². The fourth-order valence-electron chi connectivity index (χ4n) is 3.55. The number of hydrogen-bond acceptors (Lipinski definition) is 1. The summed E-state index contributed by atoms with van der Waals surface area (Å²) in [6, 6.07) is 7.21. The second-order valence-electron chi connectivity index (χ2n) is 6.09. The minimum Gasteiger partial charge on any atom is -0.313 e. The number of rotatable bonds is 3. The molecule has 1 atom stereocenters. The van der Waals surface area contributed by atoms with Crippen LogP contribution < -0.4 is 5.32 Å². The third-order valence-corrected chi connectivity index (χ3v) is 4.70. The van der Waals surface area contributed by atoms with Crippen molar-refractivity contribution >= 4 is 0 Å². The molecule has 100 valence electrons. The van der Waals surface area contributed by atoms with E-state index >= 15 is 0 Å². The van der Waals surface area contributed by atoms with Crippen LogP contribution >= 0.6 is 0 Å². The molecule has 1 aliphatic rings. The number of aryl methyl sites for hydroxylation is 2. The summed E-state index contributed by atoms with van der Waals surface area (Å²) in [5.41, 5.74) is 4.42. The van der Waals surface area contributed by atoms with Crippen LogP contribution in [0.25, 0.3) is 0 Å². The van der Waals surface area contributed by atoms with Gasteiger partial charge in [0.15, 0.2) is 0 Å². The molecule has 0 radical (unpaired) electrons. The number of benzene rings is 1. The molecular weight excluding hydrogens is 218 g/mol. The molecule has 1 fully saturated rings. The Morgan fingerprint density at radius 3 is 2.11 bits per heavy atom. The van der Waals surface area contributed by atoms with E-state index in [9.17, 15) is 0 Å². The smallest absolute Gasteiger partial charge is 0.0351 e. The average molecular weight is 245 g/mol. The second kappa shape index (κ2) is 5.88. The van der Waals surface area contributed by atoms with Crippen LogP contribution in [-0.4, -0.2) is 7.05 Å². The van der Waals surface area contributed by atoms with Crippen molar-refractivity contribution in [2.24, 2.45) is 11.8 Å². The summed E-state index contributed by atoms with van der Waals surface area (Å²) in [4.78, 5) is 0. The van der Waals surface area contributed by atoms with E-state index < -0.39 is 0 Å². The lowest BCUT2D eigenvalue weighted by atomic mass is 9.76. The van der Waals surface area contributed by atoms with E-state index in [0.717, 1.165) is 11.8 Å². The highest BCUT2D eigenvalue weighted by atomic mass is 14.9. The molecule has 1 aromatic carbocycles. The van der Waals surface area contributed by atoms with Gasteiger partial charge in [0.25, 0.3) is 0 Å². The molecule has 0 aliphatic heterocycles. The van der Waals surface area contributed by atoms with E-state index in [1.807, 2.05) is 0 Å². The molecule has 0 saturated heterocycles. The van der Waals surface area contributed by atoms with Crippen molar-refractivity contribution in [3.8, 4) is 0 Å². The quantitative estimate of drug-likeness (QED) is 0.832. The van der Waals surface area contributed by atoms with Gasteiger partial charge in [-0.2, -0.15) is 0 Å². The van der Waals surface area contributed by atoms with Crippen LogP contribution in [-0.2, 0) is 0 Å². The van der Waals surface area contributed by atoms with E-state index in [1.165, 1.54) is 36.8 Å². The molecule has 1 saturated carbocycles. The van der Waals surface area contributed by atoms with Gasteiger partial charge >= 0.3 is 0 Å². The molecule has 0 heterocycles. The Balaban J connectivity index is 2.23. The fourth-order valence-corrected chi connectivity index (χ4v) is 3.55. The van der Waals surface area contributed by atoms with Gasteiger partial charge in [-0.25, -0.2) is 0 Å². The summed E-state index contributed by atoms with van der Waals surface area (Å²) in [7, 11) is 2.12. The van der Waals surface area contributed by atoms with Crippen LogP contribution in [0.5, 0.6) is 0 Å². The van der Waals surface area contributed by atoms with E-state index in [-0.39, 0.29) is 0 Å². The van der Waals surface area contributed by atoms with Crippen LogP contribution in [0.1, 0.15) is 55.3 Å². The second-order valence-corrected chi connectivity index (χ2v) is 6.09. The first-order chi connectivity index (χ1) is 8.63. The lowest BCUT2D eigenvalue weighted by Gasteiger charge is -2.34. The third kappa shape index (κ3) is 2.77. The van der Waals surface area contributed by atoms with Crippen molar-refractivity contribution < 1.29 is 0 Å². The SMILES string of the molecule is CNC(c1c(C)cccc1C)C1CCC(C)CC1. The molecule has 2 rings (SSSR count). The van der Waals surface area contributed by atoms with Gasteiger partial charge in [-0.1, -0.05) is 38.0 Å². The Kier molecular flexibility index (Phi) is 4.45. The van der Waals surface area contributed by atoms with Crippen LogP contribution in [0.4, 0.5) is 0 Å². The largest absolute Gasteiger partial charge is 0.313 e. The van der Waals surface area contributed by atoms with Crippen LogP contribution in [0.15, 0.2) is 18.2 Å². The number of nitrogens with one attached hydrogen (secondary N) is 1. The summed E-state index contributed by atoms with van der Waals surface area (Å²) in [5.74, 6) is 1.74. The van der Waals surface area contributed by atoms with Crippen LogP contribution in [0, 0.1) is 25.7 Å². The first kappa shape index (κ1) is 13.6. The molecule has 1 unspecified atom stereocenters. The Morgan fingerprint density at radius 2 is 1.61 bits per heavy atom. The molecule has 1 nitrogen and oxygen atoms in total. The van der Waals surface area contributed by atoms with Gasteiger partial charge in [-0.3, -0.25) is 0 Å². The molecule has 0 amide bonds. The molecule has 0 bridgehead atoms. The van der Waals surface area contributed by atoms with Gasteiger partial charge in [0, 0.05) is 6.04 Å². The highest BCUT2D eigenvalue weighted by Crippen LogP contribution is 2.38. The maximum absolute atomic E-state index is 3.58. The van der Waals surface area contributed by atoms with Crippen LogP contribution in [0.3, 0.4) is 0 Å². The summed E-state index contributed by atoms with van der Waals surface area (Å²) in [6.07, 6.45) is 5.54. The summed E-state index contributed by atoms with van der Waals surface area (Å²) >= 11 is 0. The van der Waals surface area contributed by atoms with Crippen molar-refractivity contribution in [2.75, 3.05) is 7.05 Å². The van der Waals surface area contributed by atoms with Crippen molar-refractivity contribution in [1.82, 2.24) is 5.32 Å². The predicted octanol–water partition coefficient (Wildman–Crippen LogP) is 4.39. The van der Waals surface area contributed by atoms with Gasteiger partial charge in [0.05, 0.1) is 0 Å². The van der Waals surface area contributed by atoms with Gasteiger partial charge in [-0.15, -0.1) is 0 Å². The van der Waals surface area contributed by atoms with Gasteiger partial charge in [0.2, 0.25) is 0 Å². The summed E-state index contributed by atoms with van der Waals surface area (Å²) < 4.78 is 0. The van der Waals surface area contributed by atoms with Gasteiger partial charge in [0.1, 0.15) is 0 Å². The zero-order chi connectivity index (χ0) is 13.1. The minimum absolute atomic E-state index is 0.540.